The molecule has 0 unspecified atom stereocenters. The molecule has 0 atom stereocenters. The average Bonchev–Trinajstić information content (AvgIpc) is 2.67. The SMILES string of the molecule is COCCN1COc2ccc3c(C)c(-c4ccc(Cl)cc4)c(=O)oc3c2C1. The molecule has 6 heteroatoms. The molecule has 1 aliphatic heterocycles. The van der Waals surface area contributed by atoms with Gasteiger partial charge in [-0.15, -0.1) is 0 Å². The van der Waals surface area contributed by atoms with Crippen molar-refractivity contribution < 1.29 is 13.9 Å². The lowest BCUT2D eigenvalue weighted by Gasteiger charge is -2.29. The standard InChI is InChI=1S/C21H20ClNO4/c1-13-16-7-8-18-17(11-23(12-26-18)9-10-25-2)20(16)27-21(24)19(13)14-3-5-15(22)6-4-14/h3-8H,9-12H2,1-2H3. The second-order valence-electron chi connectivity index (χ2n) is 6.63. The third-order valence-corrected chi connectivity index (χ3v) is 5.18. The van der Waals surface area contributed by atoms with Gasteiger partial charge in [0.2, 0.25) is 0 Å². The van der Waals surface area contributed by atoms with E-state index in [-0.39, 0.29) is 5.63 Å². The van der Waals surface area contributed by atoms with E-state index in [1.165, 1.54) is 0 Å². The van der Waals surface area contributed by atoms with E-state index < -0.39 is 0 Å². The number of methoxy groups -OCH3 is 1. The Morgan fingerprint density at radius 3 is 2.70 bits per heavy atom. The maximum Gasteiger partial charge on any atom is 0.344 e. The zero-order valence-corrected chi connectivity index (χ0v) is 16.0. The number of fused-ring (bicyclic) bond motifs is 3. The number of halogens is 1. The predicted octanol–water partition coefficient (Wildman–Crippen LogP) is 4.22. The summed E-state index contributed by atoms with van der Waals surface area (Å²) in [5.41, 5.74) is 3.38. The number of nitrogens with zero attached hydrogens (tertiary/aromatic N) is 1. The smallest absolute Gasteiger partial charge is 0.344 e. The van der Waals surface area contributed by atoms with Gasteiger partial charge < -0.3 is 13.9 Å². The molecule has 0 fully saturated rings. The number of aryl methyl sites for hydroxylation is 1. The number of hydrogen-bond acceptors (Lipinski definition) is 5. The molecule has 2 heterocycles. The zero-order chi connectivity index (χ0) is 19.0. The highest BCUT2D eigenvalue weighted by atomic mass is 35.5. The molecule has 0 radical (unpaired) electrons. The van der Waals surface area contributed by atoms with Gasteiger partial charge in [0.15, 0.2) is 0 Å². The van der Waals surface area contributed by atoms with Crippen molar-refractivity contribution in [3.05, 3.63) is 63.0 Å². The average molecular weight is 386 g/mol. The van der Waals surface area contributed by atoms with Crippen LogP contribution in [-0.4, -0.2) is 31.9 Å². The fourth-order valence-electron chi connectivity index (χ4n) is 3.48. The molecular formula is C21H20ClNO4. The van der Waals surface area contributed by atoms with E-state index in [1.807, 2.05) is 31.2 Å². The van der Waals surface area contributed by atoms with Crippen LogP contribution in [0.15, 0.2) is 45.6 Å². The van der Waals surface area contributed by atoms with Gasteiger partial charge in [0, 0.05) is 30.6 Å². The van der Waals surface area contributed by atoms with Gasteiger partial charge in [0.1, 0.15) is 18.1 Å². The van der Waals surface area contributed by atoms with Gasteiger partial charge in [-0.3, -0.25) is 4.90 Å². The number of rotatable bonds is 4. The summed E-state index contributed by atoms with van der Waals surface area (Å²) in [6.45, 7) is 4.46. The summed E-state index contributed by atoms with van der Waals surface area (Å²) in [5.74, 6) is 0.762. The number of hydrogen-bond donors (Lipinski definition) is 0. The van der Waals surface area contributed by atoms with Gasteiger partial charge in [-0.05, 0) is 42.3 Å². The monoisotopic (exact) mass is 385 g/mol. The van der Waals surface area contributed by atoms with E-state index in [0.717, 1.165) is 34.4 Å². The summed E-state index contributed by atoms with van der Waals surface area (Å²) in [7, 11) is 1.68. The largest absolute Gasteiger partial charge is 0.478 e. The van der Waals surface area contributed by atoms with E-state index in [2.05, 4.69) is 4.90 Å². The molecule has 0 saturated carbocycles. The van der Waals surface area contributed by atoms with Gasteiger partial charge in [-0.1, -0.05) is 23.7 Å². The highest BCUT2D eigenvalue weighted by Crippen LogP contribution is 2.35. The molecule has 2 aromatic carbocycles. The van der Waals surface area contributed by atoms with E-state index in [4.69, 9.17) is 25.5 Å². The van der Waals surface area contributed by atoms with Crippen LogP contribution >= 0.6 is 11.6 Å². The van der Waals surface area contributed by atoms with Crippen molar-refractivity contribution >= 4 is 22.6 Å². The van der Waals surface area contributed by atoms with Crippen molar-refractivity contribution in [3.8, 4) is 16.9 Å². The highest BCUT2D eigenvalue weighted by Gasteiger charge is 2.23. The summed E-state index contributed by atoms with van der Waals surface area (Å²) >= 11 is 5.97. The van der Waals surface area contributed by atoms with Crippen LogP contribution in [-0.2, 0) is 11.3 Å². The predicted molar refractivity (Wildman–Crippen MR) is 105 cm³/mol. The summed E-state index contributed by atoms with van der Waals surface area (Å²) < 4.78 is 16.8. The Hall–Kier alpha value is -2.34. The summed E-state index contributed by atoms with van der Waals surface area (Å²) in [4.78, 5) is 14.9. The lowest BCUT2D eigenvalue weighted by atomic mass is 9.97. The third-order valence-electron chi connectivity index (χ3n) is 4.92. The van der Waals surface area contributed by atoms with Gasteiger partial charge in [0.05, 0.1) is 17.7 Å². The van der Waals surface area contributed by atoms with E-state index in [1.54, 1.807) is 19.2 Å². The first-order valence-electron chi connectivity index (χ1n) is 8.78. The van der Waals surface area contributed by atoms with Crippen molar-refractivity contribution in [2.75, 3.05) is 27.0 Å². The summed E-state index contributed by atoms with van der Waals surface area (Å²) in [5, 5.41) is 1.54. The third kappa shape index (κ3) is 3.34. The first-order valence-corrected chi connectivity index (χ1v) is 9.15. The first kappa shape index (κ1) is 18.0. The molecule has 140 valence electrons. The Bertz CT molecular complexity index is 1040. The molecule has 0 saturated heterocycles. The first-order chi connectivity index (χ1) is 13.1. The molecule has 0 N–H and O–H groups in total. The van der Waals surface area contributed by atoms with E-state index in [9.17, 15) is 4.79 Å². The van der Waals surface area contributed by atoms with Crippen LogP contribution in [0.4, 0.5) is 0 Å². The fourth-order valence-corrected chi connectivity index (χ4v) is 3.61. The van der Waals surface area contributed by atoms with Crippen LogP contribution < -0.4 is 10.4 Å². The molecule has 1 aliphatic rings. The second-order valence-corrected chi connectivity index (χ2v) is 7.07. The van der Waals surface area contributed by atoms with E-state index >= 15 is 0 Å². The van der Waals surface area contributed by atoms with Crippen LogP contribution in [0.1, 0.15) is 11.1 Å². The Morgan fingerprint density at radius 2 is 1.96 bits per heavy atom. The van der Waals surface area contributed by atoms with Gasteiger partial charge in [-0.2, -0.15) is 0 Å². The van der Waals surface area contributed by atoms with Crippen LogP contribution in [0, 0.1) is 6.92 Å². The molecule has 5 nitrogen and oxygen atoms in total. The fraction of sp³-hybridized carbons (Fsp3) is 0.286. The maximum absolute atomic E-state index is 12.8. The maximum atomic E-state index is 12.8. The van der Waals surface area contributed by atoms with Crippen LogP contribution in [0.5, 0.6) is 5.75 Å². The zero-order valence-electron chi connectivity index (χ0n) is 15.3. The Morgan fingerprint density at radius 1 is 1.19 bits per heavy atom. The normalized spacial score (nSPS) is 14.2. The minimum atomic E-state index is -0.357. The molecule has 0 aliphatic carbocycles. The minimum Gasteiger partial charge on any atom is -0.478 e. The Kier molecular flexibility index (Phi) is 4.91. The van der Waals surface area contributed by atoms with Crippen LogP contribution in [0.25, 0.3) is 22.1 Å². The number of ether oxygens (including phenoxy) is 2. The van der Waals surface area contributed by atoms with Crippen molar-refractivity contribution in [1.82, 2.24) is 4.90 Å². The van der Waals surface area contributed by atoms with Crippen molar-refractivity contribution in [2.24, 2.45) is 0 Å². The van der Waals surface area contributed by atoms with Crippen molar-refractivity contribution in [2.45, 2.75) is 13.5 Å². The van der Waals surface area contributed by atoms with E-state index in [0.29, 0.717) is 36.1 Å². The molecular weight excluding hydrogens is 366 g/mol. The molecule has 3 aromatic rings. The molecule has 0 bridgehead atoms. The quantitative estimate of drug-likeness (QED) is 0.629. The lowest BCUT2D eigenvalue weighted by molar-refractivity contribution is 0.0658. The molecule has 0 amide bonds. The molecule has 1 aromatic heterocycles. The van der Waals surface area contributed by atoms with Gasteiger partial charge in [-0.25, -0.2) is 4.79 Å². The topological polar surface area (TPSA) is 51.9 Å². The summed E-state index contributed by atoms with van der Waals surface area (Å²) in [6.07, 6.45) is 0. The van der Waals surface area contributed by atoms with Gasteiger partial charge >= 0.3 is 5.63 Å². The van der Waals surface area contributed by atoms with Gasteiger partial charge in [0.25, 0.3) is 0 Å². The number of benzene rings is 2. The Balaban J connectivity index is 1.84. The molecule has 0 spiro atoms. The van der Waals surface area contributed by atoms with Crippen molar-refractivity contribution in [1.29, 1.82) is 0 Å². The molecule has 27 heavy (non-hydrogen) atoms. The van der Waals surface area contributed by atoms with Crippen molar-refractivity contribution in [3.63, 3.8) is 0 Å². The summed E-state index contributed by atoms with van der Waals surface area (Å²) in [6, 6.07) is 11.1. The lowest BCUT2D eigenvalue weighted by Crippen LogP contribution is -2.34. The van der Waals surface area contributed by atoms with Crippen LogP contribution in [0.2, 0.25) is 5.02 Å². The second kappa shape index (κ2) is 7.35. The Labute approximate surface area is 162 Å². The minimum absolute atomic E-state index is 0.357. The van der Waals surface area contributed by atoms with Crippen LogP contribution in [0.3, 0.4) is 0 Å². The molecule has 4 rings (SSSR count). The highest BCUT2D eigenvalue weighted by molar-refractivity contribution is 6.30.